The smallest absolute Gasteiger partial charge is 0.310 e. The molecule has 1 N–H and O–H groups in total. The highest BCUT2D eigenvalue weighted by Gasteiger charge is 2.33. The average molecular weight is 419 g/mol. The van der Waals surface area contributed by atoms with Crippen molar-refractivity contribution in [2.45, 2.75) is 23.9 Å². The van der Waals surface area contributed by atoms with E-state index in [0.717, 1.165) is 6.07 Å². The van der Waals surface area contributed by atoms with Crippen molar-refractivity contribution >= 4 is 38.9 Å². The van der Waals surface area contributed by atoms with Crippen LogP contribution in [-0.4, -0.2) is 20.9 Å². The number of benzene rings is 2. The topological polar surface area (TPSA) is 66.5 Å². The molecular weight excluding hydrogens is 405 g/mol. The third kappa shape index (κ3) is 4.03. The van der Waals surface area contributed by atoms with Crippen LogP contribution in [0.1, 0.15) is 18.4 Å². The molecule has 3 rings (SSSR count). The minimum absolute atomic E-state index is 0.0845. The summed E-state index contributed by atoms with van der Waals surface area (Å²) in [6.07, 6.45) is -3.73. The minimum atomic E-state index is -4.71. The van der Waals surface area contributed by atoms with Gasteiger partial charge in [0.05, 0.1) is 22.0 Å². The number of halogens is 4. The molecule has 0 saturated carbocycles. The predicted molar refractivity (Wildman–Crippen MR) is 95.3 cm³/mol. The first kappa shape index (κ1) is 19.5. The molecule has 0 aliphatic carbocycles. The first-order valence-electron chi connectivity index (χ1n) is 7.88. The van der Waals surface area contributed by atoms with E-state index >= 15 is 0 Å². The molecule has 1 heterocycles. The highest BCUT2D eigenvalue weighted by Crippen LogP contribution is 2.35. The molecule has 1 amide bonds. The van der Waals surface area contributed by atoms with E-state index in [1.54, 1.807) is 18.2 Å². The Hall–Kier alpha value is -2.26. The van der Waals surface area contributed by atoms with Gasteiger partial charge >= 0.3 is 6.18 Å². The van der Waals surface area contributed by atoms with Gasteiger partial charge in [-0.3, -0.25) is 9.52 Å². The third-order valence-corrected chi connectivity index (χ3v) is 5.91. The van der Waals surface area contributed by atoms with Gasteiger partial charge < -0.3 is 4.90 Å². The van der Waals surface area contributed by atoms with E-state index in [9.17, 15) is 26.4 Å². The van der Waals surface area contributed by atoms with E-state index in [1.807, 2.05) is 0 Å². The molecule has 0 bridgehead atoms. The Balaban J connectivity index is 2.00. The van der Waals surface area contributed by atoms with Gasteiger partial charge in [0.15, 0.2) is 0 Å². The summed E-state index contributed by atoms with van der Waals surface area (Å²) < 4.78 is 66.4. The first-order valence-corrected chi connectivity index (χ1v) is 9.75. The van der Waals surface area contributed by atoms with Crippen molar-refractivity contribution in [3.8, 4) is 0 Å². The molecule has 0 aromatic heterocycles. The number of alkyl halides is 3. The van der Waals surface area contributed by atoms with Gasteiger partial charge in [-0.2, -0.15) is 13.2 Å². The summed E-state index contributed by atoms with van der Waals surface area (Å²) in [7, 11) is -4.42. The number of hydrogen-bond acceptors (Lipinski definition) is 3. The second-order valence-electron chi connectivity index (χ2n) is 5.91. The van der Waals surface area contributed by atoms with Crippen LogP contribution in [-0.2, 0) is 21.0 Å². The Morgan fingerprint density at radius 2 is 1.81 bits per heavy atom. The SMILES string of the molecule is O=C1CCCN1c1ccccc1NS(=O)(=O)c1cc(C(F)(F)F)ccc1Cl. The zero-order valence-electron chi connectivity index (χ0n) is 13.8. The van der Waals surface area contributed by atoms with Crippen molar-refractivity contribution in [2.24, 2.45) is 0 Å². The quantitative estimate of drug-likeness (QED) is 0.805. The van der Waals surface area contributed by atoms with Gasteiger partial charge in [0.2, 0.25) is 5.91 Å². The largest absolute Gasteiger partial charge is 0.416 e. The number of nitrogens with zero attached hydrogens (tertiary/aromatic N) is 1. The van der Waals surface area contributed by atoms with Crippen molar-refractivity contribution in [3.05, 3.63) is 53.1 Å². The summed E-state index contributed by atoms with van der Waals surface area (Å²) in [5.41, 5.74) is -0.705. The Morgan fingerprint density at radius 3 is 2.44 bits per heavy atom. The lowest BCUT2D eigenvalue weighted by atomic mass is 10.2. The van der Waals surface area contributed by atoms with E-state index in [4.69, 9.17) is 11.6 Å². The fourth-order valence-electron chi connectivity index (χ4n) is 2.78. The van der Waals surface area contributed by atoms with Crippen LogP contribution in [0.2, 0.25) is 5.02 Å². The fraction of sp³-hybridized carbons (Fsp3) is 0.235. The number of amides is 1. The van der Waals surface area contributed by atoms with E-state index in [2.05, 4.69) is 4.72 Å². The molecule has 144 valence electrons. The summed E-state index contributed by atoms with van der Waals surface area (Å²) in [5, 5.41) is -0.342. The van der Waals surface area contributed by atoms with Gasteiger partial charge in [-0.15, -0.1) is 0 Å². The Kier molecular flexibility index (Phi) is 5.09. The molecule has 1 fully saturated rings. The third-order valence-electron chi connectivity index (χ3n) is 4.06. The monoisotopic (exact) mass is 418 g/mol. The second-order valence-corrected chi connectivity index (χ2v) is 7.97. The lowest BCUT2D eigenvalue weighted by molar-refractivity contribution is -0.137. The number of para-hydroxylation sites is 2. The highest BCUT2D eigenvalue weighted by molar-refractivity contribution is 7.92. The normalized spacial score (nSPS) is 15.3. The van der Waals surface area contributed by atoms with Gasteiger partial charge in [-0.05, 0) is 36.8 Å². The Bertz CT molecular complexity index is 993. The first-order chi connectivity index (χ1) is 12.6. The summed E-state index contributed by atoms with van der Waals surface area (Å²) in [6.45, 7) is 0.432. The van der Waals surface area contributed by atoms with Gasteiger partial charge in [0, 0.05) is 13.0 Å². The van der Waals surface area contributed by atoms with E-state index < -0.39 is 26.7 Å². The van der Waals surface area contributed by atoms with Crippen LogP contribution in [0.15, 0.2) is 47.4 Å². The summed E-state index contributed by atoms with van der Waals surface area (Å²) in [5.74, 6) is -0.154. The molecule has 1 aliphatic heterocycles. The van der Waals surface area contributed by atoms with Crippen LogP contribution in [0.5, 0.6) is 0 Å². The summed E-state index contributed by atoms with van der Waals surface area (Å²) in [6, 6.07) is 8.25. The van der Waals surface area contributed by atoms with Gasteiger partial charge in [-0.25, -0.2) is 8.42 Å². The maximum Gasteiger partial charge on any atom is 0.416 e. The minimum Gasteiger partial charge on any atom is -0.310 e. The second kappa shape index (κ2) is 7.05. The molecule has 2 aromatic rings. The van der Waals surface area contributed by atoms with E-state index in [0.29, 0.717) is 37.2 Å². The van der Waals surface area contributed by atoms with Crippen molar-refractivity contribution < 1.29 is 26.4 Å². The average Bonchev–Trinajstić information content (AvgIpc) is 3.00. The van der Waals surface area contributed by atoms with E-state index in [-0.39, 0.29) is 16.6 Å². The molecule has 1 saturated heterocycles. The molecule has 1 aliphatic rings. The lowest BCUT2D eigenvalue weighted by Crippen LogP contribution is -2.25. The van der Waals surface area contributed by atoms with Crippen LogP contribution in [0.4, 0.5) is 24.5 Å². The molecule has 27 heavy (non-hydrogen) atoms. The number of anilines is 2. The van der Waals surface area contributed by atoms with Gasteiger partial charge in [-0.1, -0.05) is 23.7 Å². The van der Waals surface area contributed by atoms with Crippen molar-refractivity contribution in [1.29, 1.82) is 0 Å². The number of sulfonamides is 1. The molecule has 0 radical (unpaired) electrons. The number of carbonyl (C=O) groups excluding carboxylic acids is 1. The number of rotatable bonds is 4. The molecule has 5 nitrogen and oxygen atoms in total. The Morgan fingerprint density at radius 1 is 1.11 bits per heavy atom. The standard InChI is InChI=1S/C17H14ClF3N2O3S/c18-12-8-7-11(17(19,20)21)10-15(12)27(25,26)22-13-4-1-2-5-14(13)23-9-3-6-16(23)24/h1-2,4-5,7-8,10,22H,3,6,9H2. The molecule has 2 aromatic carbocycles. The molecule has 0 atom stereocenters. The predicted octanol–water partition coefficient (Wildman–Crippen LogP) is 4.29. The summed E-state index contributed by atoms with van der Waals surface area (Å²) in [4.78, 5) is 12.7. The van der Waals surface area contributed by atoms with Crippen LogP contribution in [0.25, 0.3) is 0 Å². The van der Waals surface area contributed by atoms with Crippen LogP contribution >= 0.6 is 11.6 Å². The molecule has 0 unspecified atom stereocenters. The van der Waals surface area contributed by atoms with Crippen LogP contribution < -0.4 is 9.62 Å². The number of hydrogen-bond donors (Lipinski definition) is 1. The zero-order valence-corrected chi connectivity index (χ0v) is 15.3. The maximum absolute atomic E-state index is 12.9. The Labute approximate surface area is 158 Å². The molecule has 10 heteroatoms. The van der Waals surface area contributed by atoms with Gasteiger partial charge in [0.25, 0.3) is 10.0 Å². The zero-order chi connectivity index (χ0) is 19.8. The van der Waals surface area contributed by atoms with Crippen LogP contribution in [0.3, 0.4) is 0 Å². The van der Waals surface area contributed by atoms with Crippen molar-refractivity contribution in [1.82, 2.24) is 0 Å². The van der Waals surface area contributed by atoms with E-state index in [1.165, 1.54) is 11.0 Å². The van der Waals surface area contributed by atoms with Gasteiger partial charge in [0.1, 0.15) is 4.90 Å². The van der Waals surface area contributed by atoms with Crippen molar-refractivity contribution in [2.75, 3.05) is 16.2 Å². The fourth-order valence-corrected chi connectivity index (χ4v) is 4.38. The summed E-state index contributed by atoms with van der Waals surface area (Å²) >= 11 is 5.84. The maximum atomic E-state index is 12.9. The lowest BCUT2D eigenvalue weighted by Gasteiger charge is -2.20. The highest BCUT2D eigenvalue weighted by atomic mass is 35.5. The number of carbonyl (C=O) groups is 1. The van der Waals surface area contributed by atoms with Crippen LogP contribution in [0, 0.1) is 0 Å². The van der Waals surface area contributed by atoms with Crippen molar-refractivity contribution in [3.63, 3.8) is 0 Å². The molecular formula is C17H14ClF3N2O3S. The number of nitrogens with one attached hydrogen (secondary N) is 1. The molecule has 0 spiro atoms.